The number of hydrogen-bond acceptors (Lipinski definition) is 3. The number of ether oxygens (including phenoxy) is 1. The van der Waals surface area contributed by atoms with Crippen LogP contribution in [0.15, 0.2) is 0 Å². The Bertz CT molecular complexity index is 598. The minimum atomic E-state index is -0.0274. The zero-order valence-electron chi connectivity index (χ0n) is 17.1. The van der Waals surface area contributed by atoms with Crippen molar-refractivity contribution in [1.29, 1.82) is 0 Å². The monoisotopic (exact) mass is 360 g/mol. The molecule has 0 aromatic carbocycles. The van der Waals surface area contributed by atoms with Gasteiger partial charge in [-0.05, 0) is 85.4 Å². The van der Waals surface area contributed by atoms with E-state index >= 15 is 0 Å². The summed E-state index contributed by atoms with van der Waals surface area (Å²) in [7, 11) is 1.52. The van der Waals surface area contributed by atoms with E-state index in [0.29, 0.717) is 28.4 Å². The summed E-state index contributed by atoms with van der Waals surface area (Å²) < 4.78 is 5.08. The van der Waals surface area contributed by atoms with Crippen LogP contribution < -0.4 is 0 Å². The maximum absolute atomic E-state index is 12.2. The molecule has 4 fully saturated rings. The molecular formula is C23H36O3. The lowest BCUT2D eigenvalue weighted by atomic mass is 9.44. The van der Waals surface area contributed by atoms with Gasteiger partial charge in [0.1, 0.15) is 5.78 Å². The molecule has 0 amide bonds. The molecule has 4 aliphatic carbocycles. The number of carbonyl (C=O) groups is 2. The van der Waals surface area contributed by atoms with Crippen LogP contribution in [0.25, 0.3) is 0 Å². The predicted octanol–water partition coefficient (Wildman–Crippen LogP) is 5.02. The molecule has 4 aliphatic rings. The van der Waals surface area contributed by atoms with E-state index in [-0.39, 0.29) is 11.9 Å². The van der Waals surface area contributed by atoms with Gasteiger partial charge < -0.3 is 4.74 Å². The topological polar surface area (TPSA) is 43.4 Å². The van der Waals surface area contributed by atoms with Crippen molar-refractivity contribution in [3.63, 3.8) is 0 Å². The van der Waals surface area contributed by atoms with Gasteiger partial charge in [0.05, 0.1) is 13.0 Å². The Hall–Kier alpha value is -0.860. The lowest BCUT2D eigenvalue weighted by molar-refractivity contribution is -0.152. The summed E-state index contributed by atoms with van der Waals surface area (Å²) in [4.78, 5) is 24.2. The third kappa shape index (κ3) is 2.52. The number of carbonyl (C=O) groups excluding carboxylic acids is 2. The van der Waals surface area contributed by atoms with Crippen molar-refractivity contribution in [3.05, 3.63) is 0 Å². The molecular weight excluding hydrogens is 324 g/mol. The number of hydrogen-bond donors (Lipinski definition) is 0. The van der Waals surface area contributed by atoms with E-state index in [1.54, 1.807) is 0 Å². The van der Waals surface area contributed by atoms with Gasteiger partial charge in [0.2, 0.25) is 0 Å². The summed E-state index contributed by atoms with van der Waals surface area (Å²) in [6.45, 7) is 7.07. The molecule has 0 aromatic heterocycles. The van der Waals surface area contributed by atoms with E-state index in [1.165, 1.54) is 45.6 Å². The van der Waals surface area contributed by atoms with Crippen LogP contribution in [0.5, 0.6) is 0 Å². The summed E-state index contributed by atoms with van der Waals surface area (Å²) in [6, 6.07) is 0. The minimum absolute atomic E-state index is 0.0192. The molecule has 0 bridgehead atoms. The highest BCUT2D eigenvalue weighted by Crippen LogP contribution is 2.68. The molecule has 3 heteroatoms. The lowest BCUT2D eigenvalue weighted by Gasteiger charge is -2.60. The van der Waals surface area contributed by atoms with Crippen molar-refractivity contribution in [2.45, 2.75) is 78.6 Å². The van der Waals surface area contributed by atoms with Crippen LogP contribution in [0.2, 0.25) is 0 Å². The minimum Gasteiger partial charge on any atom is -0.469 e. The Labute approximate surface area is 158 Å². The van der Waals surface area contributed by atoms with Crippen LogP contribution in [-0.4, -0.2) is 18.9 Å². The van der Waals surface area contributed by atoms with Gasteiger partial charge in [-0.2, -0.15) is 0 Å². The van der Waals surface area contributed by atoms with Gasteiger partial charge in [0, 0.05) is 12.8 Å². The van der Waals surface area contributed by atoms with E-state index in [4.69, 9.17) is 4.74 Å². The Morgan fingerprint density at radius 2 is 1.77 bits per heavy atom. The molecule has 0 spiro atoms. The molecule has 0 heterocycles. The molecule has 0 aromatic rings. The van der Waals surface area contributed by atoms with Crippen molar-refractivity contribution < 1.29 is 14.3 Å². The normalized spacial score (nSPS) is 48.9. The largest absolute Gasteiger partial charge is 0.469 e. The number of ketones is 1. The highest BCUT2D eigenvalue weighted by atomic mass is 16.5. The second-order valence-corrected chi connectivity index (χ2v) is 10.4. The Morgan fingerprint density at radius 3 is 2.50 bits per heavy atom. The van der Waals surface area contributed by atoms with Gasteiger partial charge >= 0.3 is 5.97 Å². The van der Waals surface area contributed by atoms with E-state index < -0.39 is 0 Å². The van der Waals surface area contributed by atoms with Crippen LogP contribution in [0, 0.1) is 46.3 Å². The first-order valence-electron chi connectivity index (χ1n) is 10.9. The van der Waals surface area contributed by atoms with Crippen LogP contribution in [-0.2, 0) is 14.3 Å². The van der Waals surface area contributed by atoms with Gasteiger partial charge in [-0.25, -0.2) is 0 Å². The highest BCUT2D eigenvalue weighted by molar-refractivity contribution is 5.79. The zero-order chi connectivity index (χ0) is 18.7. The maximum Gasteiger partial charge on any atom is 0.308 e. The molecule has 4 rings (SSSR count). The summed E-state index contributed by atoms with van der Waals surface area (Å²) >= 11 is 0. The molecule has 0 unspecified atom stereocenters. The number of esters is 1. The molecule has 0 aliphatic heterocycles. The van der Waals surface area contributed by atoms with Gasteiger partial charge in [0.15, 0.2) is 0 Å². The second kappa shape index (κ2) is 6.34. The fraction of sp³-hybridized carbons (Fsp3) is 0.913. The molecule has 4 saturated carbocycles. The zero-order valence-corrected chi connectivity index (χ0v) is 17.1. The average molecular weight is 361 g/mol. The lowest BCUT2D eigenvalue weighted by Crippen LogP contribution is -2.54. The highest BCUT2D eigenvalue weighted by Gasteiger charge is 2.61. The fourth-order valence-electron chi connectivity index (χ4n) is 8.26. The van der Waals surface area contributed by atoms with Crippen molar-refractivity contribution >= 4 is 11.8 Å². The first kappa shape index (κ1) is 18.5. The van der Waals surface area contributed by atoms with E-state index in [9.17, 15) is 9.59 Å². The van der Waals surface area contributed by atoms with Crippen molar-refractivity contribution in [2.24, 2.45) is 46.3 Å². The maximum atomic E-state index is 12.2. The third-order valence-electron chi connectivity index (χ3n) is 9.73. The van der Waals surface area contributed by atoms with E-state index in [2.05, 4.69) is 20.8 Å². The van der Waals surface area contributed by atoms with Gasteiger partial charge in [-0.1, -0.05) is 20.8 Å². The summed E-state index contributed by atoms with van der Waals surface area (Å²) in [5.41, 5.74) is 0.673. The summed E-state index contributed by atoms with van der Waals surface area (Å²) in [6.07, 6.45) is 10.3. The molecule has 146 valence electrons. The Kier molecular flexibility index (Phi) is 4.51. The number of Topliss-reactive ketones (excluding diaryl/α,β-unsaturated/α-hetero) is 1. The SMILES string of the molecule is COC(=O)[C@@H](C)[C@H]1CC[C@H]2[C@@H]3CC[C@H]4CC(=O)CC[C@]4(C)[C@H]3CC[C@]12C. The van der Waals surface area contributed by atoms with Crippen molar-refractivity contribution in [1.82, 2.24) is 0 Å². The predicted molar refractivity (Wildman–Crippen MR) is 101 cm³/mol. The second-order valence-electron chi connectivity index (χ2n) is 10.4. The van der Waals surface area contributed by atoms with Gasteiger partial charge in [-0.15, -0.1) is 0 Å². The molecule has 8 atom stereocenters. The smallest absolute Gasteiger partial charge is 0.308 e. The molecule has 0 N–H and O–H groups in total. The molecule has 0 saturated heterocycles. The van der Waals surface area contributed by atoms with E-state index in [0.717, 1.165) is 37.0 Å². The van der Waals surface area contributed by atoms with Crippen LogP contribution in [0.3, 0.4) is 0 Å². The first-order valence-corrected chi connectivity index (χ1v) is 10.9. The average Bonchev–Trinajstić information content (AvgIpc) is 2.98. The Balaban J connectivity index is 1.58. The fourth-order valence-corrected chi connectivity index (χ4v) is 8.26. The first-order chi connectivity index (χ1) is 12.3. The standard InChI is InChI=1S/C23H36O3/c1-14(21(25)26-4)18-7-8-19-17-6-5-15-13-16(24)9-11-22(15,2)20(17)10-12-23(18,19)3/h14-15,17-20H,5-13H2,1-4H3/t14-,15-,17-,18+,19-,20-,22-,23+/m0/s1. The summed E-state index contributed by atoms with van der Waals surface area (Å²) in [5, 5.41) is 0. The molecule has 0 radical (unpaired) electrons. The van der Waals surface area contributed by atoms with Crippen molar-refractivity contribution in [3.8, 4) is 0 Å². The van der Waals surface area contributed by atoms with Crippen molar-refractivity contribution in [2.75, 3.05) is 7.11 Å². The van der Waals surface area contributed by atoms with Crippen LogP contribution in [0.1, 0.15) is 78.6 Å². The van der Waals surface area contributed by atoms with Crippen LogP contribution >= 0.6 is 0 Å². The van der Waals surface area contributed by atoms with Gasteiger partial charge in [-0.3, -0.25) is 9.59 Å². The van der Waals surface area contributed by atoms with Crippen LogP contribution in [0.4, 0.5) is 0 Å². The third-order valence-corrected chi connectivity index (χ3v) is 9.73. The quantitative estimate of drug-likeness (QED) is 0.649. The number of rotatable bonds is 2. The summed E-state index contributed by atoms with van der Waals surface area (Å²) in [5.74, 6) is 3.94. The van der Waals surface area contributed by atoms with E-state index in [1.807, 2.05) is 0 Å². The Morgan fingerprint density at radius 1 is 1.04 bits per heavy atom. The molecule has 3 nitrogen and oxygen atoms in total. The number of fused-ring (bicyclic) bond motifs is 5. The number of methoxy groups -OCH3 is 1. The molecule has 26 heavy (non-hydrogen) atoms. The van der Waals surface area contributed by atoms with Gasteiger partial charge in [0.25, 0.3) is 0 Å².